The molecular formula is C10H8ClFN4O. The summed E-state index contributed by atoms with van der Waals surface area (Å²) in [5.41, 5.74) is 5.40. The van der Waals surface area contributed by atoms with E-state index < -0.39 is 11.7 Å². The first-order chi connectivity index (χ1) is 8.08. The lowest BCUT2D eigenvalue weighted by Gasteiger charge is -2.06. The van der Waals surface area contributed by atoms with Crippen LogP contribution in [0.25, 0.3) is 0 Å². The van der Waals surface area contributed by atoms with Crippen LogP contribution in [-0.2, 0) is 0 Å². The monoisotopic (exact) mass is 254 g/mol. The van der Waals surface area contributed by atoms with Gasteiger partial charge in [-0.3, -0.25) is 9.89 Å². The number of nitrogens with two attached hydrogens (primary N) is 1. The molecule has 0 fully saturated rings. The number of hydrogen-bond acceptors (Lipinski definition) is 3. The molecule has 5 nitrogen and oxygen atoms in total. The molecule has 88 valence electrons. The van der Waals surface area contributed by atoms with Gasteiger partial charge in [-0.15, -0.1) is 0 Å². The fraction of sp³-hybridized carbons (Fsp3) is 0. The summed E-state index contributed by atoms with van der Waals surface area (Å²) >= 11 is 5.76. The van der Waals surface area contributed by atoms with Gasteiger partial charge in [0, 0.05) is 6.07 Å². The zero-order valence-corrected chi connectivity index (χ0v) is 9.25. The third kappa shape index (κ3) is 2.36. The largest absolute Gasteiger partial charge is 0.382 e. The SMILES string of the molecule is Nc1cc(C(=O)Nc2c(F)cccc2Cl)[nH]n1. The van der Waals surface area contributed by atoms with Gasteiger partial charge in [-0.05, 0) is 12.1 Å². The maximum Gasteiger partial charge on any atom is 0.273 e. The molecule has 17 heavy (non-hydrogen) atoms. The first-order valence-corrected chi connectivity index (χ1v) is 5.02. The summed E-state index contributed by atoms with van der Waals surface area (Å²) < 4.78 is 13.4. The fourth-order valence-electron chi connectivity index (χ4n) is 1.25. The molecule has 0 aliphatic carbocycles. The Morgan fingerprint density at radius 1 is 1.53 bits per heavy atom. The van der Waals surface area contributed by atoms with E-state index >= 15 is 0 Å². The summed E-state index contributed by atoms with van der Waals surface area (Å²) in [6.45, 7) is 0. The normalized spacial score (nSPS) is 10.2. The second-order valence-electron chi connectivity index (χ2n) is 3.26. The highest BCUT2D eigenvalue weighted by Crippen LogP contribution is 2.24. The van der Waals surface area contributed by atoms with Crippen LogP contribution in [0.1, 0.15) is 10.5 Å². The van der Waals surface area contributed by atoms with Crippen molar-refractivity contribution >= 4 is 29.0 Å². The highest BCUT2D eigenvalue weighted by atomic mass is 35.5. The molecule has 0 atom stereocenters. The molecule has 0 aliphatic heterocycles. The number of hydrogen-bond donors (Lipinski definition) is 3. The molecule has 1 heterocycles. The summed E-state index contributed by atoms with van der Waals surface area (Å²) in [6.07, 6.45) is 0. The average Bonchev–Trinajstić information content (AvgIpc) is 2.70. The van der Waals surface area contributed by atoms with E-state index in [-0.39, 0.29) is 22.2 Å². The molecule has 1 aromatic heterocycles. The minimum atomic E-state index is -0.613. The molecule has 7 heteroatoms. The van der Waals surface area contributed by atoms with Crippen molar-refractivity contribution in [1.29, 1.82) is 0 Å². The Morgan fingerprint density at radius 3 is 2.88 bits per heavy atom. The Bertz CT molecular complexity index is 549. The van der Waals surface area contributed by atoms with Crippen molar-refractivity contribution in [1.82, 2.24) is 10.2 Å². The van der Waals surface area contributed by atoms with Gasteiger partial charge >= 0.3 is 0 Å². The second-order valence-corrected chi connectivity index (χ2v) is 3.66. The van der Waals surface area contributed by atoms with E-state index in [0.717, 1.165) is 0 Å². The summed E-state index contributed by atoms with van der Waals surface area (Å²) in [5, 5.41) is 8.45. The molecule has 2 rings (SSSR count). The quantitative estimate of drug-likeness (QED) is 0.767. The number of nitrogens with one attached hydrogen (secondary N) is 2. The third-order valence-corrected chi connectivity index (χ3v) is 2.36. The lowest BCUT2D eigenvalue weighted by atomic mass is 10.3. The minimum absolute atomic E-state index is 0.0765. The van der Waals surface area contributed by atoms with Crippen molar-refractivity contribution in [3.8, 4) is 0 Å². The molecule has 4 N–H and O–H groups in total. The lowest BCUT2D eigenvalue weighted by Crippen LogP contribution is -2.13. The first kappa shape index (κ1) is 11.4. The van der Waals surface area contributed by atoms with E-state index in [2.05, 4.69) is 15.5 Å². The standard InChI is InChI=1S/C10H8ClFN4O/c11-5-2-1-3-6(12)9(5)14-10(17)7-4-8(13)16-15-7/h1-4H,(H,14,17)(H3,13,15,16). The molecule has 0 spiro atoms. The predicted molar refractivity (Wildman–Crippen MR) is 62.4 cm³/mol. The maximum atomic E-state index is 13.4. The van der Waals surface area contributed by atoms with Gasteiger partial charge in [-0.2, -0.15) is 5.10 Å². The van der Waals surface area contributed by atoms with Crippen LogP contribution in [0.5, 0.6) is 0 Å². The zero-order valence-electron chi connectivity index (χ0n) is 8.50. The van der Waals surface area contributed by atoms with Crippen molar-refractivity contribution in [2.75, 3.05) is 11.1 Å². The summed E-state index contributed by atoms with van der Waals surface area (Å²) in [7, 11) is 0. The number of aromatic amines is 1. The van der Waals surface area contributed by atoms with Gasteiger partial charge in [-0.1, -0.05) is 17.7 Å². The second kappa shape index (κ2) is 4.42. The number of halogens is 2. The number of rotatable bonds is 2. The van der Waals surface area contributed by atoms with E-state index in [1.54, 1.807) is 0 Å². The van der Waals surface area contributed by atoms with Crippen LogP contribution in [0.4, 0.5) is 15.9 Å². The van der Waals surface area contributed by atoms with Crippen LogP contribution in [0.15, 0.2) is 24.3 Å². The number of para-hydroxylation sites is 1. The summed E-state index contributed by atoms with van der Waals surface area (Å²) in [4.78, 5) is 11.7. The Balaban J connectivity index is 2.24. The van der Waals surface area contributed by atoms with Crippen LogP contribution in [0, 0.1) is 5.82 Å². The number of nitrogen functional groups attached to an aromatic ring is 1. The Labute approximate surface area is 101 Å². The summed E-state index contributed by atoms with van der Waals surface area (Å²) in [6, 6.07) is 5.45. The maximum absolute atomic E-state index is 13.4. The molecule has 2 aromatic rings. The molecular weight excluding hydrogens is 247 g/mol. The highest BCUT2D eigenvalue weighted by Gasteiger charge is 2.13. The number of nitrogens with zero attached hydrogens (tertiary/aromatic N) is 1. The molecule has 0 unspecified atom stereocenters. The molecule has 0 saturated heterocycles. The van der Waals surface area contributed by atoms with Crippen molar-refractivity contribution in [3.63, 3.8) is 0 Å². The van der Waals surface area contributed by atoms with Crippen LogP contribution in [0.2, 0.25) is 5.02 Å². The van der Waals surface area contributed by atoms with Crippen molar-refractivity contribution in [2.45, 2.75) is 0 Å². The Morgan fingerprint density at radius 2 is 2.29 bits per heavy atom. The van der Waals surface area contributed by atoms with E-state index in [1.165, 1.54) is 24.3 Å². The van der Waals surface area contributed by atoms with Crippen LogP contribution in [-0.4, -0.2) is 16.1 Å². The van der Waals surface area contributed by atoms with Gasteiger partial charge in [0.15, 0.2) is 0 Å². The molecule has 1 aromatic carbocycles. The molecule has 0 saturated carbocycles. The fourth-order valence-corrected chi connectivity index (χ4v) is 1.46. The number of amides is 1. The van der Waals surface area contributed by atoms with E-state index in [0.29, 0.717) is 0 Å². The number of H-pyrrole nitrogens is 1. The van der Waals surface area contributed by atoms with Crippen molar-refractivity contribution < 1.29 is 9.18 Å². The van der Waals surface area contributed by atoms with Crippen LogP contribution in [0.3, 0.4) is 0 Å². The van der Waals surface area contributed by atoms with Gasteiger partial charge < -0.3 is 11.1 Å². The van der Waals surface area contributed by atoms with Gasteiger partial charge in [0.2, 0.25) is 0 Å². The van der Waals surface area contributed by atoms with E-state index in [4.69, 9.17) is 17.3 Å². The van der Waals surface area contributed by atoms with Crippen LogP contribution < -0.4 is 11.1 Å². The van der Waals surface area contributed by atoms with Crippen LogP contribution >= 0.6 is 11.6 Å². The third-order valence-electron chi connectivity index (χ3n) is 2.04. The number of benzene rings is 1. The average molecular weight is 255 g/mol. The predicted octanol–water partition coefficient (Wildman–Crippen LogP) is 2.04. The first-order valence-electron chi connectivity index (χ1n) is 4.64. The number of carbonyl (C=O) groups is 1. The topological polar surface area (TPSA) is 83.8 Å². The van der Waals surface area contributed by atoms with Gasteiger partial charge in [0.25, 0.3) is 5.91 Å². The molecule has 0 radical (unpaired) electrons. The van der Waals surface area contributed by atoms with Crippen molar-refractivity contribution in [2.24, 2.45) is 0 Å². The van der Waals surface area contributed by atoms with Gasteiger partial charge in [0.1, 0.15) is 17.3 Å². The minimum Gasteiger partial charge on any atom is -0.382 e. The number of anilines is 2. The Hall–Kier alpha value is -2.08. The van der Waals surface area contributed by atoms with Gasteiger partial charge in [-0.25, -0.2) is 4.39 Å². The molecule has 0 aliphatic rings. The smallest absolute Gasteiger partial charge is 0.273 e. The van der Waals surface area contributed by atoms with E-state index in [1.807, 2.05) is 0 Å². The molecule has 1 amide bonds. The van der Waals surface area contributed by atoms with Gasteiger partial charge in [0.05, 0.1) is 10.7 Å². The Kier molecular flexibility index (Phi) is 2.97. The molecule has 0 bridgehead atoms. The zero-order chi connectivity index (χ0) is 12.4. The number of carbonyl (C=O) groups excluding carboxylic acids is 1. The summed E-state index contributed by atoms with van der Waals surface area (Å²) in [5.74, 6) is -1.01. The lowest BCUT2D eigenvalue weighted by molar-refractivity contribution is 0.102. The van der Waals surface area contributed by atoms with E-state index in [9.17, 15) is 9.18 Å². The number of aromatic nitrogens is 2. The highest BCUT2D eigenvalue weighted by molar-refractivity contribution is 6.33. The van der Waals surface area contributed by atoms with Crippen molar-refractivity contribution in [3.05, 3.63) is 40.8 Å².